The molecule has 3 N–H and O–H groups in total. The highest BCUT2D eigenvalue weighted by molar-refractivity contribution is 9.10. The number of hydrogen-bond acceptors (Lipinski definition) is 3. The summed E-state index contributed by atoms with van der Waals surface area (Å²) in [6.07, 6.45) is 4.36. The fourth-order valence-corrected chi connectivity index (χ4v) is 3.60. The van der Waals surface area contributed by atoms with Crippen LogP contribution in [0.4, 0.5) is 0 Å². The number of halogens is 1. The molecule has 0 bridgehead atoms. The summed E-state index contributed by atoms with van der Waals surface area (Å²) in [5, 5.41) is 8.11. The molecule has 0 spiro atoms. The van der Waals surface area contributed by atoms with E-state index < -0.39 is 10.0 Å². The molecule has 2 unspecified atom stereocenters. The van der Waals surface area contributed by atoms with Crippen molar-refractivity contribution in [2.75, 3.05) is 0 Å². The molecule has 2 atom stereocenters. The molecule has 1 aromatic carbocycles. The minimum absolute atomic E-state index is 0.0625. The van der Waals surface area contributed by atoms with E-state index in [0.717, 1.165) is 19.3 Å². The van der Waals surface area contributed by atoms with Crippen molar-refractivity contribution < 1.29 is 13.2 Å². The zero-order valence-corrected chi connectivity index (χ0v) is 14.2. The van der Waals surface area contributed by atoms with Gasteiger partial charge >= 0.3 is 0 Å². The van der Waals surface area contributed by atoms with Crippen molar-refractivity contribution in [1.82, 2.24) is 5.32 Å². The van der Waals surface area contributed by atoms with Gasteiger partial charge in [-0.1, -0.05) is 19.8 Å². The number of carbonyl (C=O) groups is 1. The van der Waals surface area contributed by atoms with E-state index in [1.165, 1.54) is 24.6 Å². The van der Waals surface area contributed by atoms with E-state index in [1.807, 2.05) is 0 Å². The predicted octanol–water partition coefficient (Wildman–Crippen LogP) is 2.41. The van der Waals surface area contributed by atoms with Crippen molar-refractivity contribution in [1.29, 1.82) is 0 Å². The summed E-state index contributed by atoms with van der Waals surface area (Å²) in [5.74, 6) is 0.161. The smallest absolute Gasteiger partial charge is 0.252 e. The third kappa shape index (κ3) is 4.05. The second-order valence-corrected chi connectivity index (χ2v) is 7.94. The molecule has 1 saturated carbocycles. The van der Waals surface area contributed by atoms with Crippen molar-refractivity contribution in [2.45, 2.75) is 43.5 Å². The van der Waals surface area contributed by atoms with Crippen LogP contribution in [0.5, 0.6) is 0 Å². The monoisotopic (exact) mass is 374 g/mol. The number of amides is 1. The van der Waals surface area contributed by atoms with Gasteiger partial charge < -0.3 is 5.32 Å². The van der Waals surface area contributed by atoms with Gasteiger partial charge in [0, 0.05) is 10.5 Å². The molecule has 1 aromatic rings. The summed E-state index contributed by atoms with van der Waals surface area (Å²) in [7, 11) is -3.82. The lowest BCUT2D eigenvalue weighted by Gasteiger charge is -2.29. The fourth-order valence-electron chi connectivity index (χ4n) is 2.63. The highest BCUT2D eigenvalue weighted by atomic mass is 79.9. The van der Waals surface area contributed by atoms with Gasteiger partial charge in [0.25, 0.3) is 5.91 Å². The highest BCUT2D eigenvalue weighted by Crippen LogP contribution is 2.25. The van der Waals surface area contributed by atoms with Gasteiger partial charge in [-0.2, -0.15) is 0 Å². The summed E-state index contributed by atoms with van der Waals surface area (Å²) in [6.45, 7) is 2.12. The lowest BCUT2D eigenvalue weighted by Crippen LogP contribution is -2.41. The quantitative estimate of drug-likeness (QED) is 0.850. The van der Waals surface area contributed by atoms with Gasteiger partial charge in [0.2, 0.25) is 10.0 Å². The van der Waals surface area contributed by atoms with E-state index in [-0.39, 0.29) is 16.8 Å². The van der Waals surface area contributed by atoms with Gasteiger partial charge in [-0.15, -0.1) is 0 Å². The summed E-state index contributed by atoms with van der Waals surface area (Å²) in [6, 6.07) is 4.34. The Morgan fingerprint density at radius 1 is 1.33 bits per heavy atom. The molecule has 0 aliphatic heterocycles. The minimum Gasteiger partial charge on any atom is -0.349 e. The molecular formula is C14H19BrN2O3S. The maximum Gasteiger partial charge on any atom is 0.252 e. The number of nitrogens with two attached hydrogens (primary N) is 1. The van der Waals surface area contributed by atoms with Gasteiger partial charge in [0.15, 0.2) is 0 Å². The average molecular weight is 375 g/mol. The first-order valence-electron chi connectivity index (χ1n) is 6.92. The van der Waals surface area contributed by atoms with E-state index in [4.69, 9.17) is 5.14 Å². The van der Waals surface area contributed by atoms with Crippen LogP contribution in [0.1, 0.15) is 43.0 Å². The number of carbonyl (C=O) groups excluding carboxylic acids is 1. The van der Waals surface area contributed by atoms with E-state index in [2.05, 4.69) is 28.2 Å². The first-order valence-corrected chi connectivity index (χ1v) is 9.26. The SMILES string of the molecule is CC1CCCCC1NC(=O)c1cc(S(N)(=O)=O)ccc1Br. The molecule has 2 rings (SSSR count). The molecule has 1 amide bonds. The third-order valence-electron chi connectivity index (χ3n) is 3.94. The van der Waals surface area contributed by atoms with Crippen LogP contribution in [0.25, 0.3) is 0 Å². The van der Waals surface area contributed by atoms with Crippen LogP contribution in [0.3, 0.4) is 0 Å². The number of benzene rings is 1. The second-order valence-electron chi connectivity index (χ2n) is 5.53. The van der Waals surface area contributed by atoms with Crippen LogP contribution in [-0.2, 0) is 10.0 Å². The second kappa shape index (κ2) is 6.46. The van der Waals surface area contributed by atoms with Crippen LogP contribution < -0.4 is 10.5 Å². The minimum atomic E-state index is -3.82. The van der Waals surface area contributed by atoms with Gasteiger partial charge in [0.05, 0.1) is 10.5 Å². The van der Waals surface area contributed by atoms with Crippen LogP contribution >= 0.6 is 15.9 Å². The lowest BCUT2D eigenvalue weighted by atomic mass is 9.86. The Morgan fingerprint density at radius 3 is 2.62 bits per heavy atom. The standard InChI is InChI=1S/C14H19BrN2O3S/c1-9-4-2-3-5-13(9)17-14(18)11-8-10(21(16,19)20)6-7-12(11)15/h6-9,13H,2-5H2,1H3,(H,17,18)(H2,16,19,20). The molecule has 116 valence electrons. The van der Waals surface area contributed by atoms with Gasteiger partial charge in [-0.3, -0.25) is 4.79 Å². The number of primary sulfonamides is 1. The van der Waals surface area contributed by atoms with E-state index in [1.54, 1.807) is 0 Å². The molecule has 5 nitrogen and oxygen atoms in total. The highest BCUT2D eigenvalue weighted by Gasteiger charge is 2.24. The number of rotatable bonds is 3. The first kappa shape index (κ1) is 16.5. The maximum atomic E-state index is 12.4. The zero-order valence-electron chi connectivity index (χ0n) is 11.8. The average Bonchev–Trinajstić information content (AvgIpc) is 2.40. The number of sulfonamides is 1. The topological polar surface area (TPSA) is 89.3 Å². The van der Waals surface area contributed by atoms with E-state index in [9.17, 15) is 13.2 Å². The van der Waals surface area contributed by atoms with E-state index >= 15 is 0 Å². The summed E-state index contributed by atoms with van der Waals surface area (Å²) in [5.41, 5.74) is 0.291. The normalized spacial score (nSPS) is 22.8. The molecule has 1 aliphatic rings. The Morgan fingerprint density at radius 2 is 2.00 bits per heavy atom. The van der Waals surface area contributed by atoms with Gasteiger partial charge in [-0.25, -0.2) is 13.6 Å². The van der Waals surface area contributed by atoms with Crippen LogP contribution in [0, 0.1) is 5.92 Å². The van der Waals surface area contributed by atoms with Crippen molar-refractivity contribution >= 4 is 31.9 Å². The van der Waals surface area contributed by atoms with Crippen molar-refractivity contribution in [3.05, 3.63) is 28.2 Å². The van der Waals surface area contributed by atoms with Crippen LogP contribution in [0.15, 0.2) is 27.6 Å². The zero-order chi connectivity index (χ0) is 15.6. The Kier molecular flexibility index (Phi) is 5.06. The first-order chi connectivity index (χ1) is 9.79. The van der Waals surface area contributed by atoms with Crippen molar-refractivity contribution in [3.8, 4) is 0 Å². The molecule has 0 radical (unpaired) electrons. The summed E-state index contributed by atoms with van der Waals surface area (Å²) in [4.78, 5) is 12.3. The molecular weight excluding hydrogens is 356 g/mol. The Bertz CT molecular complexity index is 646. The molecule has 0 saturated heterocycles. The number of nitrogens with one attached hydrogen (secondary N) is 1. The molecule has 21 heavy (non-hydrogen) atoms. The lowest BCUT2D eigenvalue weighted by molar-refractivity contribution is 0.0909. The van der Waals surface area contributed by atoms with E-state index in [0.29, 0.717) is 16.0 Å². The molecule has 0 heterocycles. The number of hydrogen-bond donors (Lipinski definition) is 2. The fraction of sp³-hybridized carbons (Fsp3) is 0.500. The molecule has 1 aliphatic carbocycles. The molecule has 0 aromatic heterocycles. The predicted molar refractivity (Wildman–Crippen MR) is 84.4 cm³/mol. The Hall–Kier alpha value is -0.920. The summed E-state index contributed by atoms with van der Waals surface area (Å²) >= 11 is 3.28. The van der Waals surface area contributed by atoms with Crippen LogP contribution in [0.2, 0.25) is 0 Å². The van der Waals surface area contributed by atoms with Gasteiger partial charge in [-0.05, 0) is 52.9 Å². The largest absolute Gasteiger partial charge is 0.349 e. The molecule has 7 heteroatoms. The van der Waals surface area contributed by atoms with Crippen LogP contribution in [-0.4, -0.2) is 20.4 Å². The Labute approximate surface area is 133 Å². The van der Waals surface area contributed by atoms with Crippen molar-refractivity contribution in [3.63, 3.8) is 0 Å². The molecule has 1 fully saturated rings. The summed E-state index contributed by atoms with van der Waals surface area (Å²) < 4.78 is 23.3. The Balaban J connectivity index is 2.22. The van der Waals surface area contributed by atoms with Gasteiger partial charge in [0.1, 0.15) is 0 Å². The van der Waals surface area contributed by atoms with Crippen molar-refractivity contribution in [2.24, 2.45) is 11.1 Å². The maximum absolute atomic E-state index is 12.4. The third-order valence-corrected chi connectivity index (χ3v) is 5.54.